The summed E-state index contributed by atoms with van der Waals surface area (Å²) >= 11 is 0. The van der Waals surface area contributed by atoms with Crippen molar-refractivity contribution in [3.63, 3.8) is 0 Å². The number of para-hydroxylation sites is 2. The van der Waals surface area contributed by atoms with Gasteiger partial charge >= 0.3 is 6.85 Å². The Balaban J connectivity index is 1.23. The Kier molecular flexibility index (Phi) is 7.00. The molecule has 3 nitrogen and oxygen atoms in total. The molecule has 58 heavy (non-hydrogen) atoms. The largest absolute Gasteiger partial charge is 0.375 e. The predicted molar refractivity (Wildman–Crippen MR) is 243 cm³/mol. The second kappa shape index (κ2) is 12.5. The maximum Gasteiger partial charge on any atom is 0.333 e. The van der Waals surface area contributed by atoms with Gasteiger partial charge in [0.05, 0.1) is 11.6 Å². The monoisotopic (exact) mass is 735 g/mol. The maximum absolute atomic E-state index is 9.74. The van der Waals surface area contributed by atoms with Gasteiger partial charge in [0.25, 0.3) is 0 Å². The molecule has 0 saturated heterocycles. The molecule has 0 fully saturated rings. The fraction of sp³-hybridized carbons (Fsp3) is 0.0185. The van der Waals surface area contributed by atoms with Gasteiger partial charge in [0.1, 0.15) is 0 Å². The van der Waals surface area contributed by atoms with Crippen molar-refractivity contribution in [3.05, 3.63) is 199 Å². The van der Waals surface area contributed by atoms with E-state index < -0.39 is 0 Å². The average Bonchev–Trinajstić information content (AvgIpc) is 3.64. The lowest BCUT2D eigenvalue weighted by molar-refractivity contribution is 1.25. The highest BCUT2D eigenvalue weighted by Gasteiger charge is 2.44. The van der Waals surface area contributed by atoms with Crippen molar-refractivity contribution in [3.8, 4) is 50.6 Å². The minimum atomic E-state index is -0.0619. The van der Waals surface area contributed by atoms with E-state index >= 15 is 0 Å². The molecular formula is C54H34BN3. The van der Waals surface area contributed by atoms with Gasteiger partial charge in [0, 0.05) is 44.4 Å². The van der Waals surface area contributed by atoms with E-state index in [4.69, 9.17) is 0 Å². The highest BCUT2D eigenvalue weighted by molar-refractivity contribution is 6.90. The number of hydrogen-bond donors (Lipinski definition) is 0. The van der Waals surface area contributed by atoms with Crippen molar-refractivity contribution in [1.29, 1.82) is 5.26 Å². The summed E-state index contributed by atoms with van der Waals surface area (Å²) in [6.45, 7) is 2.23. The summed E-state index contributed by atoms with van der Waals surface area (Å²) in [5.41, 5.74) is 19.9. The van der Waals surface area contributed by atoms with Gasteiger partial charge < -0.3 is 9.38 Å². The smallest absolute Gasteiger partial charge is 0.333 e. The van der Waals surface area contributed by atoms with Crippen molar-refractivity contribution in [1.82, 2.24) is 4.48 Å². The lowest BCUT2D eigenvalue weighted by Gasteiger charge is -2.41. The van der Waals surface area contributed by atoms with Gasteiger partial charge in [0.2, 0.25) is 0 Å². The Labute approximate surface area is 337 Å². The zero-order chi connectivity index (χ0) is 38.5. The lowest BCUT2D eigenvalue weighted by atomic mass is 9.44. The van der Waals surface area contributed by atoms with Gasteiger partial charge in [-0.2, -0.15) is 5.26 Å². The van der Waals surface area contributed by atoms with Crippen LogP contribution in [0.4, 0.5) is 17.1 Å². The summed E-state index contributed by atoms with van der Waals surface area (Å²) in [5.74, 6) is 0. The third-order valence-electron chi connectivity index (χ3n) is 12.5. The van der Waals surface area contributed by atoms with Gasteiger partial charge in [-0.1, -0.05) is 140 Å². The van der Waals surface area contributed by atoms with Crippen LogP contribution in [0.15, 0.2) is 188 Å². The minimum Gasteiger partial charge on any atom is -0.375 e. The normalized spacial score (nSPS) is 12.5. The molecule has 268 valence electrons. The fourth-order valence-electron chi connectivity index (χ4n) is 10.0. The molecule has 0 radical (unpaired) electrons. The molecule has 0 aliphatic carbocycles. The first-order valence-corrected chi connectivity index (χ1v) is 19.9. The highest BCUT2D eigenvalue weighted by Crippen LogP contribution is 2.49. The van der Waals surface area contributed by atoms with Gasteiger partial charge in [0.15, 0.2) is 0 Å². The van der Waals surface area contributed by atoms with E-state index in [2.05, 4.69) is 198 Å². The molecule has 12 rings (SSSR count). The number of anilines is 3. The second-order valence-corrected chi connectivity index (χ2v) is 15.6. The molecule has 0 spiro atoms. The van der Waals surface area contributed by atoms with Crippen LogP contribution in [0.2, 0.25) is 0 Å². The van der Waals surface area contributed by atoms with Crippen LogP contribution in [0.1, 0.15) is 11.1 Å². The molecule has 9 aromatic carbocycles. The van der Waals surface area contributed by atoms with E-state index in [1.54, 1.807) is 0 Å². The molecule has 3 heterocycles. The van der Waals surface area contributed by atoms with Crippen LogP contribution in [0, 0.1) is 18.3 Å². The highest BCUT2D eigenvalue weighted by atomic mass is 15.2. The van der Waals surface area contributed by atoms with E-state index in [9.17, 15) is 5.26 Å². The Morgan fingerprint density at radius 2 is 1.19 bits per heavy atom. The van der Waals surface area contributed by atoms with Gasteiger partial charge in [-0.3, -0.25) is 0 Å². The molecule has 10 aromatic rings. The molecule has 0 amide bonds. The Bertz CT molecular complexity index is 3300. The molecule has 0 saturated carbocycles. The zero-order valence-electron chi connectivity index (χ0n) is 31.8. The second-order valence-electron chi connectivity index (χ2n) is 15.6. The van der Waals surface area contributed by atoms with Crippen molar-refractivity contribution < 1.29 is 0 Å². The molecule has 0 bridgehead atoms. The van der Waals surface area contributed by atoms with Gasteiger partial charge in [-0.25, -0.2) is 0 Å². The molecule has 0 unspecified atom stereocenters. The third kappa shape index (κ3) is 4.62. The van der Waals surface area contributed by atoms with Crippen LogP contribution < -0.4 is 15.8 Å². The standard InChI is InChI=1S/C54H34BN3/c1-34-46(39-25-23-35(33-56)24-26-39)32-50-53-51(34)44-19-12-20-45-52-43-18-9-8-17-38(43)27-28-49(52)58(54(44)45)55(53)47-21-10-11-22-48(47)57(50)42-30-40(36-13-4-2-5-14-36)29-41(31-42)37-15-6-3-7-16-37/h2-32H,1H3. The molecule has 0 atom stereocenters. The molecule has 1 aromatic heterocycles. The summed E-state index contributed by atoms with van der Waals surface area (Å²) in [4.78, 5) is 2.52. The zero-order valence-corrected chi connectivity index (χ0v) is 31.8. The Morgan fingerprint density at radius 3 is 1.93 bits per heavy atom. The molecule has 4 heteroatoms. The van der Waals surface area contributed by atoms with E-state index in [1.807, 2.05) is 12.1 Å². The molecule has 2 aliphatic heterocycles. The van der Waals surface area contributed by atoms with E-state index in [-0.39, 0.29) is 6.85 Å². The van der Waals surface area contributed by atoms with Crippen molar-refractivity contribution in [2.45, 2.75) is 6.92 Å². The predicted octanol–water partition coefficient (Wildman–Crippen LogP) is 12.5. The Hall–Kier alpha value is -7.61. The first kappa shape index (κ1) is 32.6. The van der Waals surface area contributed by atoms with Crippen LogP contribution >= 0.6 is 0 Å². The van der Waals surface area contributed by atoms with Crippen molar-refractivity contribution in [2.75, 3.05) is 4.90 Å². The first-order valence-electron chi connectivity index (χ1n) is 19.9. The van der Waals surface area contributed by atoms with Crippen molar-refractivity contribution >= 4 is 67.4 Å². The average molecular weight is 736 g/mol. The summed E-state index contributed by atoms with van der Waals surface area (Å²) in [6.07, 6.45) is 0. The summed E-state index contributed by atoms with van der Waals surface area (Å²) in [6, 6.07) is 70.7. The van der Waals surface area contributed by atoms with Crippen LogP contribution in [0.25, 0.3) is 77.1 Å². The minimum absolute atomic E-state index is 0.0619. The summed E-state index contributed by atoms with van der Waals surface area (Å²) < 4.78 is 2.64. The van der Waals surface area contributed by atoms with Crippen LogP contribution in [0.5, 0.6) is 0 Å². The first-order chi connectivity index (χ1) is 28.7. The SMILES string of the molecule is Cc1c(-c2ccc(C#N)cc2)cc2c3c1-c1cccc4c5c6ccccc6ccc5n(c14)B3c1ccccc1N2c1cc(-c2ccccc2)cc(-c2ccccc2)c1. The topological polar surface area (TPSA) is 32.0 Å². The van der Waals surface area contributed by atoms with E-state index in [1.165, 1.54) is 88.1 Å². The lowest BCUT2D eigenvalue weighted by Crippen LogP contribution is -2.56. The van der Waals surface area contributed by atoms with Crippen molar-refractivity contribution in [2.24, 2.45) is 0 Å². The molecular weight excluding hydrogens is 701 g/mol. The maximum atomic E-state index is 9.74. The fourth-order valence-corrected chi connectivity index (χ4v) is 10.0. The van der Waals surface area contributed by atoms with Gasteiger partial charge in [-0.05, 0) is 122 Å². The number of rotatable bonds is 4. The van der Waals surface area contributed by atoms with E-state index in [0.29, 0.717) is 5.56 Å². The molecule has 2 aliphatic rings. The number of nitrogens with zero attached hydrogens (tertiary/aromatic N) is 3. The van der Waals surface area contributed by atoms with Crippen LogP contribution in [-0.2, 0) is 0 Å². The van der Waals surface area contributed by atoms with Gasteiger partial charge in [-0.15, -0.1) is 0 Å². The summed E-state index contributed by atoms with van der Waals surface area (Å²) in [5, 5.41) is 14.8. The quantitative estimate of drug-likeness (QED) is 0.169. The number of nitriles is 1. The number of hydrogen-bond acceptors (Lipinski definition) is 2. The molecule has 0 N–H and O–H groups in total. The third-order valence-corrected chi connectivity index (χ3v) is 12.5. The summed E-state index contributed by atoms with van der Waals surface area (Å²) in [7, 11) is 0. The van der Waals surface area contributed by atoms with Crippen LogP contribution in [0.3, 0.4) is 0 Å². The number of aromatic nitrogens is 1. The number of fused-ring (bicyclic) bond motifs is 9. The Morgan fingerprint density at radius 1 is 0.517 bits per heavy atom. The number of benzene rings is 9. The van der Waals surface area contributed by atoms with Crippen LogP contribution in [-0.4, -0.2) is 11.3 Å². The van der Waals surface area contributed by atoms with E-state index in [0.717, 1.165) is 22.5 Å².